The lowest BCUT2D eigenvalue weighted by atomic mass is 10.2. The summed E-state index contributed by atoms with van der Waals surface area (Å²) in [4.78, 5) is 22.0. The van der Waals surface area contributed by atoms with E-state index in [1.807, 2.05) is 0 Å². The fourth-order valence-electron chi connectivity index (χ4n) is 1.02. The molecule has 0 aliphatic rings. The van der Waals surface area contributed by atoms with E-state index >= 15 is 0 Å². The second-order valence-corrected chi connectivity index (χ2v) is 3.53. The van der Waals surface area contributed by atoms with Crippen LogP contribution in [0.1, 0.15) is 25.7 Å². The summed E-state index contributed by atoms with van der Waals surface area (Å²) >= 11 is 0. The minimum Gasteiger partial charge on any atom is -0.460 e. The van der Waals surface area contributed by atoms with Gasteiger partial charge in [0.1, 0.15) is 13.2 Å². The molecule has 0 spiro atoms. The van der Waals surface area contributed by atoms with Gasteiger partial charge in [0.05, 0.1) is 0 Å². The molecule has 0 rings (SSSR count). The van der Waals surface area contributed by atoms with Crippen molar-refractivity contribution in [1.82, 2.24) is 0 Å². The van der Waals surface area contributed by atoms with Crippen LogP contribution in [0.5, 0.6) is 0 Å². The smallest absolute Gasteiger partial charge is 0.305 e. The highest BCUT2D eigenvalue weighted by atomic mass is 16.6. The average Bonchev–Trinajstić information content (AvgIpc) is 2.29. The van der Waals surface area contributed by atoms with Gasteiger partial charge in [-0.3, -0.25) is 9.59 Å². The maximum Gasteiger partial charge on any atom is 0.305 e. The number of hydrogen-bond acceptors (Lipinski definition) is 8. The fraction of sp³-hybridized carbons (Fsp3) is 0.800. The molecule has 0 fully saturated rings. The van der Waals surface area contributed by atoms with Crippen molar-refractivity contribution < 1.29 is 39.5 Å². The molecule has 4 N–H and O–H groups in total. The molecule has 0 aliphatic heterocycles. The molecule has 0 amide bonds. The molecular formula is C10H18O8. The van der Waals surface area contributed by atoms with Gasteiger partial charge < -0.3 is 29.9 Å². The van der Waals surface area contributed by atoms with E-state index in [9.17, 15) is 9.59 Å². The first-order valence-corrected chi connectivity index (χ1v) is 5.45. The molecular weight excluding hydrogens is 248 g/mol. The van der Waals surface area contributed by atoms with Crippen LogP contribution in [0.25, 0.3) is 0 Å². The van der Waals surface area contributed by atoms with Crippen LogP contribution in [0.2, 0.25) is 0 Å². The third-order valence-electron chi connectivity index (χ3n) is 1.80. The van der Waals surface area contributed by atoms with Crippen molar-refractivity contribution in [3.63, 3.8) is 0 Å². The summed E-state index contributed by atoms with van der Waals surface area (Å²) in [6.45, 7) is -0.954. The Balaban J connectivity index is 3.44. The average molecular weight is 266 g/mol. The number of esters is 2. The van der Waals surface area contributed by atoms with E-state index in [4.69, 9.17) is 20.4 Å². The Hall–Kier alpha value is -1.22. The van der Waals surface area contributed by atoms with Crippen molar-refractivity contribution in [3.05, 3.63) is 0 Å². The number of aliphatic hydroxyl groups excluding tert-OH is 2. The Morgan fingerprint density at radius 2 is 1.11 bits per heavy atom. The summed E-state index contributed by atoms with van der Waals surface area (Å²) in [6.07, 6.45) is -2.48. The molecule has 0 saturated carbocycles. The van der Waals surface area contributed by atoms with Gasteiger partial charge in [0.25, 0.3) is 0 Å². The lowest BCUT2D eigenvalue weighted by molar-refractivity contribution is -0.158. The highest BCUT2D eigenvalue weighted by Gasteiger charge is 2.08. The van der Waals surface area contributed by atoms with E-state index in [1.165, 1.54) is 0 Å². The minimum atomic E-state index is -1.69. The van der Waals surface area contributed by atoms with E-state index < -0.39 is 37.7 Å². The van der Waals surface area contributed by atoms with E-state index in [0.29, 0.717) is 12.8 Å². The summed E-state index contributed by atoms with van der Waals surface area (Å²) in [5.74, 6) is -1.16. The van der Waals surface area contributed by atoms with Crippen molar-refractivity contribution in [1.29, 1.82) is 0 Å². The third kappa shape index (κ3) is 11.3. The fourth-order valence-corrected chi connectivity index (χ4v) is 1.02. The molecule has 0 bridgehead atoms. The summed E-state index contributed by atoms with van der Waals surface area (Å²) in [5.41, 5.74) is 0. The Kier molecular flexibility index (Phi) is 9.11. The Morgan fingerprint density at radius 3 is 1.39 bits per heavy atom. The van der Waals surface area contributed by atoms with Gasteiger partial charge in [0, 0.05) is 12.8 Å². The number of carbonyl (C=O) groups is 2. The molecule has 18 heavy (non-hydrogen) atoms. The van der Waals surface area contributed by atoms with Crippen molar-refractivity contribution in [2.75, 3.05) is 13.2 Å². The van der Waals surface area contributed by atoms with Crippen LogP contribution < -0.4 is 0 Å². The monoisotopic (exact) mass is 266 g/mol. The Labute approximate surface area is 104 Å². The standard InChI is InChI=1S/C10H18O8/c11-7(12)5-17-9(15)3-1-2-4-10(16)18-6-8(13)14/h7-8,11-14H,1-6H2. The molecule has 0 aliphatic carbocycles. The van der Waals surface area contributed by atoms with Gasteiger partial charge in [-0.1, -0.05) is 0 Å². The first-order valence-electron chi connectivity index (χ1n) is 5.45. The van der Waals surface area contributed by atoms with Crippen molar-refractivity contribution >= 4 is 11.9 Å². The summed E-state index contributed by atoms with van der Waals surface area (Å²) in [6, 6.07) is 0. The van der Waals surface area contributed by atoms with Gasteiger partial charge in [-0.25, -0.2) is 0 Å². The zero-order valence-electron chi connectivity index (χ0n) is 9.82. The Bertz CT molecular complexity index is 224. The highest BCUT2D eigenvalue weighted by Crippen LogP contribution is 2.03. The number of hydrogen-bond donors (Lipinski definition) is 4. The summed E-state index contributed by atoms with van der Waals surface area (Å²) < 4.78 is 8.94. The van der Waals surface area contributed by atoms with E-state index in [0.717, 1.165) is 0 Å². The number of rotatable bonds is 9. The molecule has 0 radical (unpaired) electrons. The minimum absolute atomic E-state index is 0.0582. The van der Waals surface area contributed by atoms with Crippen LogP contribution >= 0.6 is 0 Å². The van der Waals surface area contributed by atoms with Gasteiger partial charge in [-0.05, 0) is 12.8 Å². The zero-order chi connectivity index (χ0) is 14.0. The molecule has 8 heteroatoms. The molecule has 0 unspecified atom stereocenters. The number of aliphatic hydroxyl groups is 4. The molecule has 0 aromatic heterocycles. The van der Waals surface area contributed by atoms with Gasteiger partial charge in [0.2, 0.25) is 0 Å². The van der Waals surface area contributed by atoms with Crippen molar-refractivity contribution in [3.8, 4) is 0 Å². The highest BCUT2D eigenvalue weighted by molar-refractivity contribution is 5.70. The van der Waals surface area contributed by atoms with Gasteiger partial charge in [0.15, 0.2) is 12.6 Å². The normalized spacial score (nSPS) is 10.8. The van der Waals surface area contributed by atoms with Crippen LogP contribution in [0.3, 0.4) is 0 Å². The second-order valence-electron chi connectivity index (χ2n) is 3.53. The van der Waals surface area contributed by atoms with Crippen LogP contribution in [0, 0.1) is 0 Å². The first kappa shape index (κ1) is 16.8. The summed E-state index contributed by atoms with van der Waals surface area (Å²) in [5, 5.41) is 33.7. The number of unbranched alkanes of at least 4 members (excludes halogenated alkanes) is 1. The number of carbonyl (C=O) groups excluding carboxylic acids is 2. The van der Waals surface area contributed by atoms with Crippen LogP contribution in [0.4, 0.5) is 0 Å². The Morgan fingerprint density at radius 1 is 0.778 bits per heavy atom. The molecule has 106 valence electrons. The van der Waals surface area contributed by atoms with Crippen molar-refractivity contribution in [2.45, 2.75) is 38.3 Å². The third-order valence-corrected chi connectivity index (χ3v) is 1.80. The maximum atomic E-state index is 11.0. The molecule has 0 aromatic rings. The van der Waals surface area contributed by atoms with Crippen LogP contribution in [-0.2, 0) is 19.1 Å². The van der Waals surface area contributed by atoms with E-state index in [2.05, 4.69) is 9.47 Å². The summed E-state index contributed by atoms with van der Waals surface area (Å²) in [7, 11) is 0. The molecule has 0 atom stereocenters. The second kappa shape index (κ2) is 9.77. The lowest BCUT2D eigenvalue weighted by Gasteiger charge is -2.06. The van der Waals surface area contributed by atoms with Crippen LogP contribution in [0.15, 0.2) is 0 Å². The first-order chi connectivity index (χ1) is 8.41. The molecule has 0 heterocycles. The molecule has 0 saturated heterocycles. The number of ether oxygens (including phenoxy) is 2. The topological polar surface area (TPSA) is 134 Å². The lowest BCUT2D eigenvalue weighted by Crippen LogP contribution is -2.18. The largest absolute Gasteiger partial charge is 0.460 e. The van der Waals surface area contributed by atoms with E-state index in [-0.39, 0.29) is 12.8 Å². The van der Waals surface area contributed by atoms with Gasteiger partial charge >= 0.3 is 11.9 Å². The van der Waals surface area contributed by atoms with Gasteiger partial charge in [-0.15, -0.1) is 0 Å². The predicted octanol–water partition coefficient (Wildman–Crippen LogP) is -1.75. The van der Waals surface area contributed by atoms with Crippen LogP contribution in [-0.4, -0.2) is 58.2 Å². The zero-order valence-corrected chi connectivity index (χ0v) is 9.82. The molecule has 0 aromatic carbocycles. The predicted molar refractivity (Wildman–Crippen MR) is 56.8 cm³/mol. The maximum absolute atomic E-state index is 11.0. The molecule has 8 nitrogen and oxygen atoms in total. The van der Waals surface area contributed by atoms with Gasteiger partial charge in [-0.2, -0.15) is 0 Å². The quantitative estimate of drug-likeness (QED) is 0.219. The SMILES string of the molecule is O=C(CCCCC(=O)OCC(O)O)OCC(O)O. The van der Waals surface area contributed by atoms with Crippen molar-refractivity contribution in [2.24, 2.45) is 0 Å². The van der Waals surface area contributed by atoms with E-state index in [1.54, 1.807) is 0 Å².